The van der Waals surface area contributed by atoms with Crippen LogP contribution in [0.15, 0.2) is 33.6 Å². The molecule has 1 fully saturated rings. The molecular weight excluding hydrogens is 366 g/mol. The molecule has 1 amide bonds. The van der Waals surface area contributed by atoms with E-state index in [1.54, 1.807) is 0 Å². The summed E-state index contributed by atoms with van der Waals surface area (Å²) in [6.45, 7) is 3.78. The maximum Gasteiger partial charge on any atom is 0.306 e. The Morgan fingerprint density at radius 3 is 2.45 bits per heavy atom. The van der Waals surface area contributed by atoms with Crippen molar-refractivity contribution < 1.29 is 14.7 Å². The highest BCUT2D eigenvalue weighted by Gasteiger charge is 2.35. The highest BCUT2D eigenvalue weighted by atomic mass is 79.9. The monoisotopic (exact) mass is 385 g/mol. The van der Waals surface area contributed by atoms with Gasteiger partial charge in [-0.3, -0.25) is 9.59 Å². The molecule has 2 N–H and O–H groups in total. The number of carbonyl (C=O) groups is 2. The first kappa shape index (κ1) is 17.3. The molecule has 2 rings (SSSR count). The lowest BCUT2D eigenvalue weighted by Gasteiger charge is -2.25. The molecule has 0 aromatic heterocycles. The summed E-state index contributed by atoms with van der Waals surface area (Å²) < 4.78 is 0.402. The first-order chi connectivity index (χ1) is 10.3. The molecule has 0 spiro atoms. The quantitative estimate of drug-likeness (QED) is 0.758. The number of carbonyl (C=O) groups excluding carboxylic acids is 1. The number of carboxylic acids is 1. The van der Waals surface area contributed by atoms with Gasteiger partial charge in [-0.15, -0.1) is 11.8 Å². The van der Waals surface area contributed by atoms with E-state index in [4.69, 9.17) is 5.11 Å². The summed E-state index contributed by atoms with van der Waals surface area (Å²) in [5.74, 6) is -1.13. The van der Waals surface area contributed by atoms with E-state index in [1.165, 1.54) is 11.8 Å². The average molecular weight is 386 g/mol. The fraction of sp³-hybridized carbons (Fsp3) is 0.500. The molecule has 120 valence electrons. The van der Waals surface area contributed by atoms with Crippen LogP contribution in [0, 0.1) is 5.92 Å². The third-order valence-corrected chi connectivity index (χ3v) is 5.58. The summed E-state index contributed by atoms with van der Waals surface area (Å²) in [7, 11) is 0. The lowest BCUT2D eigenvalue weighted by molar-refractivity contribution is -0.141. The molecule has 1 aromatic carbocycles. The second-order valence-corrected chi connectivity index (χ2v) is 8.70. The van der Waals surface area contributed by atoms with E-state index < -0.39 is 10.7 Å². The zero-order valence-electron chi connectivity index (χ0n) is 12.6. The van der Waals surface area contributed by atoms with Crippen LogP contribution in [0.5, 0.6) is 0 Å². The van der Waals surface area contributed by atoms with Crippen LogP contribution in [0.4, 0.5) is 0 Å². The topological polar surface area (TPSA) is 66.4 Å². The fourth-order valence-electron chi connectivity index (χ4n) is 2.54. The summed E-state index contributed by atoms with van der Waals surface area (Å²) in [6, 6.07) is 7.81. The lowest BCUT2D eigenvalue weighted by Crippen LogP contribution is -2.44. The van der Waals surface area contributed by atoms with Crippen molar-refractivity contribution in [1.82, 2.24) is 5.32 Å². The molecule has 6 heteroatoms. The summed E-state index contributed by atoms with van der Waals surface area (Å²) >= 11 is 4.90. The standard InChI is InChI=1S/C16H20BrNO3S/c1-16(2,22-13-7-4-11(17)5-8-13)15(21)18-12-6-3-10(9-12)14(19)20/h4-5,7-8,10,12H,3,6,9H2,1-2H3,(H,18,21)(H,19,20)/t10-,12+/m1/s1. The van der Waals surface area contributed by atoms with Crippen LogP contribution >= 0.6 is 27.7 Å². The predicted molar refractivity (Wildman–Crippen MR) is 91.0 cm³/mol. The number of benzene rings is 1. The number of hydrogen-bond donors (Lipinski definition) is 2. The minimum Gasteiger partial charge on any atom is -0.481 e. The van der Waals surface area contributed by atoms with Crippen LogP contribution in [-0.2, 0) is 9.59 Å². The number of rotatable bonds is 5. The Morgan fingerprint density at radius 1 is 1.27 bits per heavy atom. The Bertz CT molecular complexity index is 559. The van der Waals surface area contributed by atoms with Gasteiger partial charge in [-0.1, -0.05) is 15.9 Å². The van der Waals surface area contributed by atoms with Crippen molar-refractivity contribution in [3.63, 3.8) is 0 Å². The Hall–Kier alpha value is -1.01. The number of halogens is 1. The average Bonchev–Trinajstić information content (AvgIpc) is 2.90. The maximum atomic E-state index is 12.5. The molecule has 0 saturated heterocycles. The molecule has 4 nitrogen and oxygen atoms in total. The minimum atomic E-state index is -0.764. The Balaban J connectivity index is 1.93. The van der Waals surface area contributed by atoms with Gasteiger partial charge in [0.05, 0.1) is 10.7 Å². The van der Waals surface area contributed by atoms with Crippen molar-refractivity contribution in [2.75, 3.05) is 0 Å². The van der Waals surface area contributed by atoms with E-state index in [2.05, 4.69) is 21.2 Å². The third-order valence-electron chi connectivity index (χ3n) is 3.85. The Morgan fingerprint density at radius 2 is 1.91 bits per heavy atom. The number of nitrogens with one attached hydrogen (secondary N) is 1. The van der Waals surface area contributed by atoms with Crippen LogP contribution in [-0.4, -0.2) is 27.8 Å². The van der Waals surface area contributed by atoms with Crippen LogP contribution < -0.4 is 5.32 Å². The van der Waals surface area contributed by atoms with E-state index in [9.17, 15) is 9.59 Å². The second-order valence-electron chi connectivity index (χ2n) is 6.08. The van der Waals surface area contributed by atoms with Crippen molar-refractivity contribution in [2.24, 2.45) is 5.92 Å². The van der Waals surface area contributed by atoms with Gasteiger partial charge >= 0.3 is 5.97 Å². The molecule has 2 atom stereocenters. The molecule has 0 aliphatic heterocycles. The van der Waals surface area contributed by atoms with Crippen molar-refractivity contribution in [3.05, 3.63) is 28.7 Å². The van der Waals surface area contributed by atoms with Gasteiger partial charge in [0, 0.05) is 15.4 Å². The molecule has 0 bridgehead atoms. The van der Waals surface area contributed by atoms with Crippen molar-refractivity contribution >= 4 is 39.6 Å². The smallest absolute Gasteiger partial charge is 0.306 e. The highest BCUT2D eigenvalue weighted by molar-refractivity contribution is 9.10. The van der Waals surface area contributed by atoms with E-state index in [0.29, 0.717) is 12.8 Å². The normalized spacial score (nSPS) is 21.6. The SMILES string of the molecule is CC(C)(Sc1ccc(Br)cc1)C(=O)N[C@H]1CC[C@@H](C(=O)O)C1. The summed E-state index contributed by atoms with van der Waals surface area (Å²) in [6.07, 6.45) is 1.91. The van der Waals surface area contributed by atoms with E-state index in [1.807, 2.05) is 38.1 Å². The van der Waals surface area contributed by atoms with E-state index in [-0.39, 0.29) is 17.9 Å². The summed E-state index contributed by atoms with van der Waals surface area (Å²) in [5.41, 5.74) is 0. The summed E-state index contributed by atoms with van der Waals surface area (Å²) in [5, 5.41) is 12.0. The van der Waals surface area contributed by atoms with Gasteiger partial charge < -0.3 is 10.4 Å². The molecule has 1 aliphatic rings. The van der Waals surface area contributed by atoms with Crippen molar-refractivity contribution in [2.45, 2.75) is 48.8 Å². The Kier molecular flexibility index (Phi) is 5.55. The molecule has 1 aromatic rings. The van der Waals surface area contributed by atoms with Gasteiger partial charge in [-0.05, 0) is 57.4 Å². The second kappa shape index (κ2) is 7.04. The zero-order valence-corrected chi connectivity index (χ0v) is 15.0. The van der Waals surface area contributed by atoms with Crippen LogP contribution in [0.2, 0.25) is 0 Å². The summed E-state index contributed by atoms with van der Waals surface area (Å²) in [4.78, 5) is 24.5. The van der Waals surface area contributed by atoms with E-state index >= 15 is 0 Å². The van der Waals surface area contributed by atoms with Gasteiger partial charge in [0.25, 0.3) is 0 Å². The number of thioether (sulfide) groups is 1. The van der Waals surface area contributed by atoms with Crippen LogP contribution in [0.25, 0.3) is 0 Å². The number of amides is 1. The predicted octanol–water partition coefficient (Wildman–Crippen LogP) is 3.69. The number of aliphatic carboxylic acids is 1. The number of hydrogen-bond acceptors (Lipinski definition) is 3. The molecule has 0 heterocycles. The van der Waals surface area contributed by atoms with Crippen LogP contribution in [0.3, 0.4) is 0 Å². The highest BCUT2D eigenvalue weighted by Crippen LogP contribution is 2.34. The third kappa shape index (κ3) is 4.49. The van der Waals surface area contributed by atoms with Gasteiger partial charge in [-0.25, -0.2) is 0 Å². The molecule has 22 heavy (non-hydrogen) atoms. The zero-order chi connectivity index (χ0) is 16.3. The molecule has 0 unspecified atom stereocenters. The van der Waals surface area contributed by atoms with Crippen LogP contribution in [0.1, 0.15) is 33.1 Å². The largest absolute Gasteiger partial charge is 0.481 e. The maximum absolute atomic E-state index is 12.5. The minimum absolute atomic E-state index is 0.0293. The lowest BCUT2D eigenvalue weighted by atomic mass is 10.1. The number of carboxylic acid groups (broad SMARTS) is 1. The molecule has 0 radical (unpaired) electrons. The van der Waals surface area contributed by atoms with E-state index in [0.717, 1.165) is 15.8 Å². The van der Waals surface area contributed by atoms with Gasteiger partial charge in [-0.2, -0.15) is 0 Å². The van der Waals surface area contributed by atoms with Crippen molar-refractivity contribution in [1.29, 1.82) is 0 Å². The van der Waals surface area contributed by atoms with Gasteiger partial charge in [0.1, 0.15) is 0 Å². The Labute approximate surface area is 143 Å². The molecule has 1 aliphatic carbocycles. The van der Waals surface area contributed by atoms with Gasteiger partial charge in [0.2, 0.25) is 5.91 Å². The fourth-order valence-corrected chi connectivity index (χ4v) is 3.82. The van der Waals surface area contributed by atoms with Gasteiger partial charge in [0.15, 0.2) is 0 Å². The molecule has 1 saturated carbocycles. The molecular formula is C16H20BrNO3S. The first-order valence-electron chi connectivity index (χ1n) is 7.26. The van der Waals surface area contributed by atoms with Crippen molar-refractivity contribution in [3.8, 4) is 0 Å². The first-order valence-corrected chi connectivity index (χ1v) is 8.87.